The first-order chi connectivity index (χ1) is 13.6. The molecule has 146 valence electrons. The molecule has 28 heavy (non-hydrogen) atoms. The van der Waals surface area contributed by atoms with Crippen LogP contribution in [0, 0.1) is 13.8 Å². The van der Waals surface area contributed by atoms with Crippen LogP contribution in [0.4, 0.5) is 5.13 Å². The van der Waals surface area contributed by atoms with Gasteiger partial charge >= 0.3 is 0 Å². The van der Waals surface area contributed by atoms with E-state index in [0.717, 1.165) is 36.3 Å². The summed E-state index contributed by atoms with van der Waals surface area (Å²) in [6.07, 6.45) is 3.32. The monoisotopic (exact) mass is 394 g/mol. The van der Waals surface area contributed by atoms with E-state index in [1.165, 1.54) is 22.5 Å². The number of carbonyl (C=O) groups excluding carboxylic acids is 1. The van der Waals surface area contributed by atoms with Crippen LogP contribution in [0.15, 0.2) is 47.8 Å². The minimum Gasteiger partial charge on any atom is -0.494 e. The summed E-state index contributed by atoms with van der Waals surface area (Å²) >= 11 is 1.43. The number of aryl methyl sites for hydroxylation is 2. The number of carbonyl (C=O) groups is 1. The molecule has 3 rings (SSSR count). The summed E-state index contributed by atoms with van der Waals surface area (Å²) in [5, 5.41) is 5.45. The van der Waals surface area contributed by atoms with Gasteiger partial charge in [-0.15, -0.1) is 11.3 Å². The summed E-state index contributed by atoms with van der Waals surface area (Å²) in [7, 11) is 0. The van der Waals surface area contributed by atoms with Gasteiger partial charge in [0.25, 0.3) is 5.91 Å². The Bertz CT molecular complexity index is 949. The molecule has 3 aromatic rings. The maximum absolute atomic E-state index is 12.6. The van der Waals surface area contributed by atoms with Crippen molar-refractivity contribution in [2.24, 2.45) is 0 Å². The molecule has 2 aromatic carbocycles. The normalized spacial score (nSPS) is 10.7. The molecule has 0 aliphatic heterocycles. The molecule has 0 saturated carbocycles. The molecule has 0 unspecified atom stereocenters. The third-order valence-electron chi connectivity index (χ3n) is 4.64. The van der Waals surface area contributed by atoms with E-state index < -0.39 is 0 Å². The van der Waals surface area contributed by atoms with Crippen LogP contribution < -0.4 is 10.1 Å². The van der Waals surface area contributed by atoms with Crippen LogP contribution in [0.3, 0.4) is 0 Å². The second kappa shape index (κ2) is 9.51. The molecule has 0 aliphatic rings. The van der Waals surface area contributed by atoms with Gasteiger partial charge < -0.3 is 4.74 Å². The van der Waals surface area contributed by atoms with E-state index in [1.54, 1.807) is 12.1 Å². The molecular formula is C23H26N2O2S. The van der Waals surface area contributed by atoms with Crippen molar-refractivity contribution in [1.82, 2.24) is 4.98 Å². The second-order valence-electron chi connectivity index (χ2n) is 6.87. The van der Waals surface area contributed by atoms with E-state index in [4.69, 9.17) is 4.74 Å². The average Bonchev–Trinajstić information content (AvgIpc) is 3.16. The summed E-state index contributed by atoms with van der Waals surface area (Å²) in [6.45, 7) is 7.01. The number of nitrogens with zero attached hydrogens (tertiary/aromatic N) is 1. The molecule has 1 aromatic heterocycles. The summed E-state index contributed by atoms with van der Waals surface area (Å²) in [5.74, 6) is 0.540. The lowest BCUT2D eigenvalue weighted by molar-refractivity contribution is 0.102. The second-order valence-corrected chi connectivity index (χ2v) is 7.73. The van der Waals surface area contributed by atoms with Crippen LogP contribution in [0.2, 0.25) is 0 Å². The molecule has 0 spiro atoms. The van der Waals surface area contributed by atoms with E-state index >= 15 is 0 Å². The Labute approximate surface area is 170 Å². The molecule has 5 heteroatoms. The third-order valence-corrected chi connectivity index (χ3v) is 5.40. The smallest absolute Gasteiger partial charge is 0.257 e. The van der Waals surface area contributed by atoms with Gasteiger partial charge in [0.05, 0.1) is 12.3 Å². The first-order valence-corrected chi connectivity index (χ1v) is 10.5. The fourth-order valence-electron chi connectivity index (χ4n) is 2.80. The van der Waals surface area contributed by atoms with Crippen molar-refractivity contribution < 1.29 is 9.53 Å². The number of aromatic nitrogens is 1. The molecule has 0 aliphatic carbocycles. The molecule has 1 amide bonds. The predicted octanol–water partition coefficient (Wildman–Crippen LogP) is 6.25. The van der Waals surface area contributed by atoms with Crippen molar-refractivity contribution in [3.8, 4) is 17.0 Å². The topological polar surface area (TPSA) is 51.2 Å². The van der Waals surface area contributed by atoms with Gasteiger partial charge in [0.1, 0.15) is 5.75 Å². The minimum absolute atomic E-state index is 0.181. The van der Waals surface area contributed by atoms with Crippen LogP contribution in [0.25, 0.3) is 11.3 Å². The number of hydrogen-bond donors (Lipinski definition) is 1. The summed E-state index contributed by atoms with van der Waals surface area (Å²) in [4.78, 5) is 17.2. The van der Waals surface area contributed by atoms with Gasteiger partial charge in [-0.25, -0.2) is 4.98 Å². The minimum atomic E-state index is -0.181. The Balaban J connectivity index is 1.65. The standard InChI is InChI=1S/C23H26N2O2S/c1-4-5-6-12-27-20-9-7-8-19(14-20)22(26)25-23-24-21(15-28-23)18-11-10-16(2)17(3)13-18/h7-11,13-15H,4-6,12H2,1-3H3,(H,24,25,26). The molecule has 0 radical (unpaired) electrons. The van der Waals surface area contributed by atoms with E-state index in [0.29, 0.717) is 17.3 Å². The first-order valence-electron chi connectivity index (χ1n) is 9.64. The van der Waals surface area contributed by atoms with Gasteiger partial charge in [0, 0.05) is 16.5 Å². The summed E-state index contributed by atoms with van der Waals surface area (Å²) in [6, 6.07) is 13.5. The van der Waals surface area contributed by atoms with Crippen LogP contribution in [-0.2, 0) is 0 Å². The van der Waals surface area contributed by atoms with Crippen LogP contribution in [-0.4, -0.2) is 17.5 Å². The zero-order chi connectivity index (χ0) is 19.9. The van der Waals surface area contributed by atoms with Crippen molar-refractivity contribution >= 4 is 22.4 Å². The lowest BCUT2D eigenvalue weighted by Gasteiger charge is -2.07. The van der Waals surface area contributed by atoms with Crippen molar-refractivity contribution in [3.63, 3.8) is 0 Å². The number of benzene rings is 2. The highest BCUT2D eigenvalue weighted by Crippen LogP contribution is 2.27. The number of rotatable bonds is 8. The van der Waals surface area contributed by atoms with Crippen molar-refractivity contribution in [2.75, 3.05) is 11.9 Å². The number of nitrogens with one attached hydrogen (secondary N) is 1. The van der Waals surface area contributed by atoms with Gasteiger partial charge in [-0.05, 0) is 55.7 Å². The largest absolute Gasteiger partial charge is 0.494 e. The van der Waals surface area contributed by atoms with E-state index in [9.17, 15) is 4.79 Å². The highest BCUT2D eigenvalue weighted by molar-refractivity contribution is 7.14. The van der Waals surface area contributed by atoms with Gasteiger partial charge in [-0.1, -0.05) is 38.0 Å². The molecule has 0 saturated heterocycles. The Morgan fingerprint density at radius 2 is 1.96 bits per heavy atom. The Hall–Kier alpha value is -2.66. The molecular weight excluding hydrogens is 368 g/mol. The number of unbranched alkanes of at least 4 members (excludes halogenated alkanes) is 2. The SMILES string of the molecule is CCCCCOc1cccc(C(=O)Nc2nc(-c3ccc(C)c(C)c3)cs2)c1. The van der Waals surface area contributed by atoms with Crippen LogP contribution in [0.5, 0.6) is 5.75 Å². The third kappa shape index (κ3) is 5.20. The van der Waals surface area contributed by atoms with Gasteiger partial charge in [-0.3, -0.25) is 10.1 Å². The first kappa shape index (κ1) is 20.1. The zero-order valence-electron chi connectivity index (χ0n) is 16.6. The van der Waals surface area contributed by atoms with Crippen molar-refractivity contribution in [1.29, 1.82) is 0 Å². The maximum Gasteiger partial charge on any atom is 0.257 e. The van der Waals surface area contributed by atoms with Gasteiger partial charge in [0.2, 0.25) is 0 Å². The number of ether oxygens (including phenoxy) is 1. The van der Waals surface area contributed by atoms with Crippen molar-refractivity contribution in [2.45, 2.75) is 40.0 Å². The fourth-order valence-corrected chi connectivity index (χ4v) is 3.52. The molecule has 0 bridgehead atoms. The lowest BCUT2D eigenvalue weighted by atomic mass is 10.1. The van der Waals surface area contributed by atoms with Crippen LogP contribution in [0.1, 0.15) is 47.7 Å². The molecule has 1 N–H and O–H groups in total. The maximum atomic E-state index is 12.6. The van der Waals surface area contributed by atoms with E-state index in [1.807, 2.05) is 17.5 Å². The molecule has 4 nitrogen and oxygen atoms in total. The fraction of sp³-hybridized carbons (Fsp3) is 0.304. The summed E-state index contributed by atoms with van der Waals surface area (Å²) in [5.41, 5.74) is 4.98. The highest BCUT2D eigenvalue weighted by Gasteiger charge is 2.11. The number of thiazole rings is 1. The zero-order valence-corrected chi connectivity index (χ0v) is 17.4. The number of hydrogen-bond acceptors (Lipinski definition) is 4. The molecule has 1 heterocycles. The quantitative estimate of drug-likeness (QED) is 0.460. The summed E-state index contributed by atoms with van der Waals surface area (Å²) < 4.78 is 5.74. The van der Waals surface area contributed by atoms with Crippen molar-refractivity contribution in [3.05, 3.63) is 64.5 Å². The van der Waals surface area contributed by atoms with Gasteiger partial charge in [-0.2, -0.15) is 0 Å². The predicted molar refractivity (Wildman–Crippen MR) is 116 cm³/mol. The van der Waals surface area contributed by atoms with Gasteiger partial charge in [0.15, 0.2) is 5.13 Å². The Morgan fingerprint density at radius 1 is 1.11 bits per heavy atom. The molecule has 0 fully saturated rings. The molecule has 0 atom stereocenters. The number of anilines is 1. The van der Waals surface area contributed by atoms with Crippen LogP contribution >= 0.6 is 11.3 Å². The Kier molecular flexibility index (Phi) is 6.82. The highest BCUT2D eigenvalue weighted by atomic mass is 32.1. The average molecular weight is 395 g/mol. The lowest BCUT2D eigenvalue weighted by Crippen LogP contribution is -2.11. The van der Waals surface area contributed by atoms with E-state index in [2.05, 4.69) is 49.3 Å². The number of amides is 1. The Morgan fingerprint density at radius 3 is 2.75 bits per heavy atom. The van der Waals surface area contributed by atoms with E-state index in [-0.39, 0.29) is 5.91 Å².